The van der Waals surface area contributed by atoms with E-state index < -0.39 is 0 Å². The van der Waals surface area contributed by atoms with Gasteiger partial charge in [-0.3, -0.25) is 9.78 Å². The number of nitrogens with zero attached hydrogens (tertiary/aromatic N) is 2. The van der Waals surface area contributed by atoms with Crippen LogP contribution in [0.3, 0.4) is 0 Å². The molecule has 0 bridgehead atoms. The van der Waals surface area contributed by atoms with Crippen LogP contribution in [0.5, 0.6) is 0 Å². The van der Waals surface area contributed by atoms with Crippen molar-refractivity contribution in [2.24, 2.45) is 0 Å². The van der Waals surface area contributed by atoms with Crippen LogP contribution in [-0.4, -0.2) is 30.5 Å². The lowest BCUT2D eigenvalue weighted by Crippen LogP contribution is -2.29. The normalized spacial score (nSPS) is 14.4. The standard InChI is InChI=1S/C19H24N4O/c24-19(15-20-14-17-6-2-3-11-21-17)22-16-7-9-18(10-8-16)23-12-4-1-5-13-23/h2-3,6-11,20H,1,4-5,12-15H2,(H,22,24). The predicted molar refractivity (Wildman–Crippen MR) is 97.1 cm³/mol. The highest BCUT2D eigenvalue weighted by atomic mass is 16.1. The van der Waals surface area contributed by atoms with Gasteiger partial charge in [0, 0.05) is 37.2 Å². The highest BCUT2D eigenvalue weighted by molar-refractivity contribution is 5.92. The molecule has 0 saturated carbocycles. The average Bonchev–Trinajstić information content (AvgIpc) is 2.64. The van der Waals surface area contributed by atoms with Crippen LogP contribution in [0.1, 0.15) is 25.0 Å². The van der Waals surface area contributed by atoms with Crippen LogP contribution in [0.2, 0.25) is 0 Å². The molecule has 5 nitrogen and oxygen atoms in total. The third-order valence-corrected chi connectivity index (χ3v) is 4.19. The predicted octanol–water partition coefficient (Wildman–Crippen LogP) is 2.80. The molecule has 5 heteroatoms. The zero-order chi connectivity index (χ0) is 16.6. The van der Waals surface area contributed by atoms with Gasteiger partial charge in [0.2, 0.25) is 5.91 Å². The van der Waals surface area contributed by atoms with Crippen LogP contribution in [0.15, 0.2) is 48.7 Å². The Kier molecular flexibility index (Phi) is 5.80. The number of piperidine rings is 1. The zero-order valence-corrected chi connectivity index (χ0v) is 13.9. The minimum atomic E-state index is -0.0448. The number of amides is 1. The van der Waals surface area contributed by atoms with Gasteiger partial charge in [0.15, 0.2) is 0 Å². The molecule has 126 valence electrons. The van der Waals surface area contributed by atoms with Gasteiger partial charge in [0.25, 0.3) is 0 Å². The first-order chi connectivity index (χ1) is 11.8. The number of anilines is 2. The Morgan fingerprint density at radius 1 is 1.04 bits per heavy atom. The van der Waals surface area contributed by atoms with E-state index in [9.17, 15) is 4.79 Å². The van der Waals surface area contributed by atoms with Crippen molar-refractivity contribution >= 4 is 17.3 Å². The van der Waals surface area contributed by atoms with Crippen LogP contribution in [0.25, 0.3) is 0 Å². The number of pyridine rings is 1. The number of aromatic nitrogens is 1. The minimum Gasteiger partial charge on any atom is -0.372 e. The van der Waals surface area contributed by atoms with Gasteiger partial charge in [-0.05, 0) is 55.7 Å². The lowest BCUT2D eigenvalue weighted by Gasteiger charge is -2.28. The molecule has 3 rings (SSSR count). The Morgan fingerprint density at radius 3 is 2.54 bits per heavy atom. The molecule has 2 aromatic rings. The fraction of sp³-hybridized carbons (Fsp3) is 0.368. The van der Waals surface area contributed by atoms with E-state index >= 15 is 0 Å². The molecule has 1 amide bonds. The van der Waals surface area contributed by atoms with Gasteiger partial charge < -0.3 is 15.5 Å². The van der Waals surface area contributed by atoms with Crippen molar-refractivity contribution in [1.82, 2.24) is 10.3 Å². The fourth-order valence-electron chi connectivity index (χ4n) is 2.92. The average molecular weight is 324 g/mol. The summed E-state index contributed by atoms with van der Waals surface area (Å²) in [5, 5.41) is 6.02. The summed E-state index contributed by atoms with van der Waals surface area (Å²) < 4.78 is 0. The Hall–Kier alpha value is -2.40. The number of benzene rings is 1. The summed E-state index contributed by atoms with van der Waals surface area (Å²) in [6, 6.07) is 13.9. The number of carbonyl (C=O) groups is 1. The number of rotatable bonds is 6. The summed E-state index contributed by atoms with van der Waals surface area (Å²) in [6.45, 7) is 3.11. The largest absolute Gasteiger partial charge is 0.372 e. The molecule has 1 aliphatic rings. The summed E-state index contributed by atoms with van der Waals surface area (Å²) in [4.78, 5) is 18.6. The van der Waals surface area contributed by atoms with Gasteiger partial charge in [-0.15, -0.1) is 0 Å². The van der Waals surface area contributed by atoms with Crippen molar-refractivity contribution in [2.45, 2.75) is 25.8 Å². The lowest BCUT2D eigenvalue weighted by atomic mass is 10.1. The topological polar surface area (TPSA) is 57.3 Å². The summed E-state index contributed by atoms with van der Waals surface area (Å²) in [7, 11) is 0. The van der Waals surface area contributed by atoms with Gasteiger partial charge in [0.05, 0.1) is 12.2 Å². The van der Waals surface area contributed by atoms with Crippen molar-refractivity contribution in [3.05, 3.63) is 54.4 Å². The number of hydrogen-bond donors (Lipinski definition) is 2. The van der Waals surface area contributed by atoms with E-state index in [2.05, 4.69) is 32.7 Å². The van der Waals surface area contributed by atoms with Crippen LogP contribution in [-0.2, 0) is 11.3 Å². The van der Waals surface area contributed by atoms with Crippen LogP contribution >= 0.6 is 0 Å². The maximum Gasteiger partial charge on any atom is 0.238 e. The quantitative estimate of drug-likeness (QED) is 0.858. The van der Waals surface area contributed by atoms with E-state index in [1.807, 2.05) is 30.3 Å². The molecule has 1 aliphatic heterocycles. The summed E-state index contributed by atoms with van der Waals surface area (Å²) in [6.07, 6.45) is 5.61. The molecule has 2 N–H and O–H groups in total. The molecule has 1 saturated heterocycles. The molecule has 1 fully saturated rings. The van der Waals surface area contributed by atoms with E-state index in [1.165, 1.54) is 24.9 Å². The van der Waals surface area contributed by atoms with E-state index in [4.69, 9.17) is 0 Å². The van der Waals surface area contributed by atoms with Crippen molar-refractivity contribution in [3.8, 4) is 0 Å². The first-order valence-corrected chi connectivity index (χ1v) is 8.57. The Morgan fingerprint density at radius 2 is 1.83 bits per heavy atom. The third-order valence-electron chi connectivity index (χ3n) is 4.19. The molecule has 0 unspecified atom stereocenters. The second-order valence-electron chi connectivity index (χ2n) is 6.07. The number of carbonyl (C=O) groups excluding carboxylic acids is 1. The summed E-state index contributed by atoms with van der Waals surface area (Å²) in [5.74, 6) is -0.0448. The van der Waals surface area contributed by atoms with Gasteiger partial charge >= 0.3 is 0 Å². The first kappa shape index (κ1) is 16.5. The smallest absolute Gasteiger partial charge is 0.238 e. The summed E-state index contributed by atoms with van der Waals surface area (Å²) >= 11 is 0. The molecule has 1 aromatic heterocycles. The molecule has 0 aliphatic carbocycles. The van der Waals surface area contributed by atoms with E-state index in [-0.39, 0.29) is 12.5 Å². The van der Waals surface area contributed by atoms with Crippen molar-refractivity contribution in [2.75, 3.05) is 29.9 Å². The monoisotopic (exact) mass is 324 g/mol. The molecular formula is C19H24N4O. The van der Waals surface area contributed by atoms with Crippen molar-refractivity contribution in [3.63, 3.8) is 0 Å². The maximum atomic E-state index is 12.0. The van der Waals surface area contributed by atoms with Crippen LogP contribution < -0.4 is 15.5 Å². The molecule has 24 heavy (non-hydrogen) atoms. The van der Waals surface area contributed by atoms with Gasteiger partial charge in [-0.25, -0.2) is 0 Å². The maximum absolute atomic E-state index is 12.0. The third kappa shape index (κ3) is 4.80. The van der Waals surface area contributed by atoms with Crippen molar-refractivity contribution < 1.29 is 4.79 Å². The van der Waals surface area contributed by atoms with Crippen LogP contribution in [0, 0.1) is 0 Å². The molecular weight excluding hydrogens is 300 g/mol. The van der Waals surface area contributed by atoms with Crippen molar-refractivity contribution in [1.29, 1.82) is 0 Å². The molecule has 0 atom stereocenters. The van der Waals surface area contributed by atoms with Gasteiger partial charge in [-0.1, -0.05) is 6.07 Å². The van der Waals surface area contributed by atoms with E-state index in [0.29, 0.717) is 6.54 Å². The van der Waals surface area contributed by atoms with Gasteiger partial charge in [-0.2, -0.15) is 0 Å². The number of hydrogen-bond acceptors (Lipinski definition) is 4. The second-order valence-corrected chi connectivity index (χ2v) is 6.07. The second kappa shape index (κ2) is 8.45. The Labute approximate surface area is 143 Å². The molecule has 0 radical (unpaired) electrons. The minimum absolute atomic E-state index is 0.0448. The highest BCUT2D eigenvalue weighted by Crippen LogP contribution is 2.21. The first-order valence-electron chi connectivity index (χ1n) is 8.57. The number of nitrogens with one attached hydrogen (secondary N) is 2. The zero-order valence-electron chi connectivity index (χ0n) is 13.9. The highest BCUT2D eigenvalue weighted by Gasteiger charge is 2.10. The fourth-order valence-corrected chi connectivity index (χ4v) is 2.92. The van der Waals surface area contributed by atoms with E-state index in [0.717, 1.165) is 24.5 Å². The molecule has 0 spiro atoms. The SMILES string of the molecule is O=C(CNCc1ccccn1)Nc1ccc(N2CCCCC2)cc1. The Bertz CT molecular complexity index is 636. The van der Waals surface area contributed by atoms with E-state index in [1.54, 1.807) is 6.20 Å². The van der Waals surface area contributed by atoms with Crippen LogP contribution in [0.4, 0.5) is 11.4 Å². The lowest BCUT2D eigenvalue weighted by molar-refractivity contribution is -0.115. The summed E-state index contributed by atoms with van der Waals surface area (Å²) in [5.41, 5.74) is 3.00. The van der Waals surface area contributed by atoms with Gasteiger partial charge in [0.1, 0.15) is 0 Å². The molecule has 2 heterocycles. The Balaban J connectivity index is 1.44. The molecule has 1 aromatic carbocycles.